The van der Waals surface area contributed by atoms with E-state index in [2.05, 4.69) is 5.32 Å². The molecule has 0 radical (unpaired) electrons. The molecule has 2 N–H and O–H groups in total. The molecule has 1 fully saturated rings. The van der Waals surface area contributed by atoms with Crippen molar-refractivity contribution >= 4 is 5.97 Å². The Balaban J connectivity index is 1.46. The average molecular weight is 343 g/mol. The lowest BCUT2D eigenvalue weighted by Crippen LogP contribution is -2.34. The first-order valence-corrected chi connectivity index (χ1v) is 8.59. The molecule has 132 valence electrons. The molecule has 4 nitrogen and oxygen atoms in total. The van der Waals surface area contributed by atoms with E-state index < -0.39 is 5.97 Å². The van der Waals surface area contributed by atoms with Crippen molar-refractivity contribution in [1.82, 2.24) is 5.32 Å². The van der Waals surface area contributed by atoms with Crippen LogP contribution >= 0.6 is 0 Å². The molecule has 2 aromatic rings. The van der Waals surface area contributed by atoms with Crippen LogP contribution in [0.2, 0.25) is 0 Å². The van der Waals surface area contributed by atoms with E-state index in [0.29, 0.717) is 17.5 Å². The molecular weight excluding hydrogens is 321 g/mol. The summed E-state index contributed by atoms with van der Waals surface area (Å²) >= 11 is 0. The van der Waals surface area contributed by atoms with Crippen molar-refractivity contribution in [3.8, 4) is 11.5 Å². The highest BCUT2D eigenvalue weighted by atomic mass is 19.1. The Bertz CT molecular complexity index is 692. The lowest BCUT2D eigenvalue weighted by atomic mass is 9.86. The predicted octanol–water partition coefficient (Wildman–Crippen LogP) is 4.35. The second-order valence-electron chi connectivity index (χ2n) is 6.47. The van der Waals surface area contributed by atoms with Crippen LogP contribution in [0.15, 0.2) is 48.5 Å². The average Bonchev–Trinajstić information content (AvgIpc) is 2.63. The minimum Gasteiger partial charge on any atom is -0.481 e. The largest absolute Gasteiger partial charge is 0.481 e. The molecule has 0 atom stereocenters. The van der Waals surface area contributed by atoms with Crippen LogP contribution in [-0.4, -0.2) is 17.1 Å². The van der Waals surface area contributed by atoms with Crippen LogP contribution in [-0.2, 0) is 11.3 Å². The van der Waals surface area contributed by atoms with Gasteiger partial charge in [-0.2, -0.15) is 0 Å². The van der Waals surface area contributed by atoms with E-state index >= 15 is 0 Å². The van der Waals surface area contributed by atoms with Crippen molar-refractivity contribution in [3.63, 3.8) is 0 Å². The Labute approximate surface area is 146 Å². The van der Waals surface area contributed by atoms with Crippen molar-refractivity contribution in [3.05, 3.63) is 59.9 Å². The number of hydrogen-bond acceptors (Lipinski definition) is 3. The zero-order valence-electron chi connectivity index (χ0n) is 14.0. The van der Waals surface area contributed by atoms with E-state index in [-0.39, 0.29) is 11.7 Å². The fraction of sp³-hybridized carbons (Fsp3) is 0.350. The van der Waals surface area contributed by atoms with Gasteiger partial charge in [-0.1, -0.05) is 12.1 Å². The second-order valence-corrected chi connectivity index (χ2v) is 6.47. The summed E-state index contributed by atoms with van der Waals surface area (Å²) in [6, 6.07) is 14.1. The molecule has 0 amide bonds. The van der Waals surface area contributed by atoms with E-state index in [1.807, 2.05) is 24.3 Å². The van der Waals surface area contributed by atoms with Gasteiger partial charge in [0, 0.05) is 12.6 Å². The third-order valence-electron chi connectivity index (χ3n) is 4.64. The van der Waals surface area contributed by atoms with Crippen LogP contribution in [0.1, 0.15) is 31.2 Å². The number of hydrogen-bond donors (Lipinski definition) is 2. The van der Waals surface area contributed by atoms with Crippen LogP contribution in [0.4, 0.5) is 4.39 Å². The van der Waals surface area contributed by atoms with Crippen LogP contribution in [0.25, 0.3) is 0 Å². The summed E-state index contributed by atoms with van der Waals surface area (Å²) in [5.41, 5.74) is 1.15. The zero-order chi connectivity index (χ0) is 17.6. The van der Waals surface area contributed by atoms with Crippen molar-refractivity contribution in [1.29, 1.82) is 0 Å². The minimum absolute atomic E-state index is 0.180. The van der Waals surface area contributed by atoms with Gasteiger partial charge in [-0.3, -0.25) is 4.79 Å². The van der Waals surface area contributed by atoms with Crippen molar-refractivity contribution in [2.45, 2.75) is 38.3 Å². The Morgan fingerprint density at radius 1 is 1.00 bits per heavy atom. The number of halogens is 1. The molecule has 5 heteroatoms. The van der Waals surface area contributed by atoms with Gasteiger partial charge in [0.05, 0.1) is 5.92 Å². The van der Waals surface area contributed by atoms with Gasteiger partial charge in [-0.15, -0.1) is 0 Å². The van der Waals surface area contributed by atoms with Gasteiger partial charge in [-0.25, -0.2) is 4.39 Å². The Kier molecular flexibility index (Phi) is 5.66. The first-order chi connectivity index (χ1) is 12.1. The summed E-state index contributed by atoms with van der Waals surface area (Å²) in [5.74, 6) is 0.169. The van der Waals surface area contributed by atoms with Crippen LogP contribution < -0.4 is 10.1 Å². The number of benzene rings is 2. The second kappa shape index (κ2) is 8.12. The van der Waals surface area contributed by atoms with Crippen molar-refractivity contribution in [2.24, 2.45) is 5.92 Å². The van der Waals surface area contributed by atoms with E-state index in [1.54, 1.807) is 12.1 Å². The molecule has 0 aliphatic heterocycles. The highest BCUT2D eigenvalue weighted by Gasteiger charge is 2.25. The number of carbonyl (C=O) groups is 1. The summed E-state index contributed by atoms with van der Waals surface area (Å²) < 4.78 is 18.6. The molecule has 1 aliphatic carbocycles. The summed E-state index contributed by atoms with van der Waals surface area (Å²) in [6.45, 7) is 0.749. The van der Waals surface area contributed by atoms with Crippen LogP contribution in [0, 0.1) is 11.7 Å². The molecule has 0 heterocycles. The Morgan fingerprint density at radius 3 is 2.12 bits per heavy atom. The molecular formula is C20H22FNO3. The number of carboxylic acid groups (broad SMARTS) is 1. The highest BCUT2D eigenvalue weighted by Crippen LogP contribution is 2.25. The molecule has 0 saturated heterocycles. The zero-order valence-corrected chi connectivity index (χ0v) is 14.0. The SMILES string of the molecule is O=C(O)C1CCC(NCc2ccc(Oc3ccc(F)cc3)cc2)CC1. The van der Waals surface area contributed by atoms with Crippen LogP contribution in [0.5, 0.6) is 11.5 Å². The maximum absolute atomic E-state index is 12.9. The van der Waals surface area contributed by atoms with Gasteiger partial charge >= 0.3 is 5.97 Å². The Hall–Kier alpha value is -2.40. The van der Waals surface area contributed by atoms with Gasteiger partial charge in [0.2, 0.25) is 0 Å². The molecule has 1 saturated carbocycles. The quantitative estimate of drug-likeness (QED) is 0.819. The summed E-state index contributed by atoms with van der Waals surface area (Å²) in [4.78, 5) is 11.0. The summed E-state index contributed by atoms with van der Waals surface area (Å²) in [5, 5.41) is 12.5. The normalized spacial score (nSPS) is 20.2. The number of carboxylic acids is 1. The standard InChI is InChI=1S/C20H22FNO3/c21-16-5-11-19(12-6-16)25-18-9-1-14(2-10-18)13-22-17-7-3-15(4-8-17)20(23)24/h1-2,5-6,9-12,15,17,22H,3-4,7-8,13H2,(H,23,24). The third-order valence-corrected chi connectivity index (χ3v) is 4.64. The van der Waals surface area contributed by atoms with Gasteiger partial charge in [0.15, 0.2) is 0 Å². The van der Waals surface area contributed by atoms with E-state index in [1.165, 1.54) is 12.1 Å². The first kappa shape index (κ1) is 17.4. The maximum atomic E-state index is 12.9. The number of ether oxygens (including phenoxy) is 1. The fourth-order valence-electron chi connectivity index (χ4n) is 3.12. The predicted molar refractivity (Wildman–Crippen MR) is 93.1 cm³/mol. The molecule has 1 aliphatic rings. The lowest BCUT2D eigenvalue weighted by Gasteiger charge is -2.27. The van der Waals surface area contributed by atoms with E-state index in [9.17, 15) is 9.18 Å². The monoisotopic (exact) mass is 343 g/mol. The first-order valence-electron chi connectivity index (χ1n) is 8.59. The minimum atomic E-state index is -0.671. The van der Waals surface area contributed by atoms with Crippen molar-refractivity contribution < 1.29 is 19.0 Å². The lowest BCUT2D eigenvalue weighted by molar-refractivity contribution is -0.142. The molecule has 3 rings (SSSR count). The molecule has 0 bridgehead atoms. The fourth-order valence-corrected chi connectivity index (χ4v) is 3.12. The number of rotatable bonds is 6. The van der Waals surface area contributed by atoms with Gasteiger partial charge < -0.3 is 15.2 Å². The molecule has 2 aromatic carbocycles. The maximum Gasteiger partial charge on any atom is 0.306 e. The van der Waals surface area contributed by atoms with Crippen molar-refractivity contribution in [2.75, 3.05) is 0 Å². The molecule has 0 aromatic heterocycles. The summed E-state index contributed by atoms with van der Waals surface area (Å²) in [7, 11) is 0. The Morgan fingerprint density at radius 2 is 1.56 bits per heavy atom. The van der Waals surface area contributed by atoms with E-state index in [4.69, 9.17) is 9.84 Å². The van der Waals surface area contributed by atoms with Gasteiger partial charge in [0.25, 0.3) is 0 Å². The van der Waals surface area contributed by atoms with Crippen LogP contribution in [0.3, 0.4) is 0 Å². The number of nitrogens with one attached hydrogen (secondary N) is 1. The summed E-state index contributed by atoms with van der Waals surface area (Å²) in [6.07, 6.45) is 3.31. The molecule has 25 heavy (non-hydrogen) atoms. The molecule has 0 unspecified atom stereocenters. The third kappa shape index (κ3) is 5.03. The highest BCUT2D eigenvalue weighted by molar-refractivity contribution is 5.70. The van der Waals surface area contributed by atoms with E-state index in [0.717, 1.165) is 37.8 Å². The number of aliphatic carboxylic acids is 1. The molecule has 0 spiro atoms. The van der Waals surface area contributed by atoms with Gasteiger partial charge in [0.1, 0.15) is 17.3 Å². The topological polar surface area (TPSA) is 58.6 Å². The van der Waals surface area contributed by atoms with Gasteiger partial charge in [-0.05, 0) is 67.6 Å². The smallest absolute Gasteiger partial charge is 0.306 e.